The lowest BCUT2D eigenvalue weighted by molar-refractivity contribution is 0.416. The minimum atomic E-state index is -0.142. The summed E-state index contributed by atoms with van der Waals surface area (Å²) >= 11 is 0. The second kappa shape index (κ2) is 8.12. The molecule has 0 saturated carbocycles. The Morgan fingerprint density at radius 2 is 1.48 bits per heavy atom. The molecule has 0 aliphatic rings. The van der Waals surface area contributed by atoms with Crippen LogP contribution >= 0.6 is 0 Å². The Bertz CT molecular complexity index is 1060. The molecule has 3 heteroatoms. The van der Waals surface area contributed by atoms with E-state index in [1.807, 2.05) is 42.5 Å². The van der Waals surface area contributed by atoms with Crippen molar-refractivity contribution in [2.45, 2.75) is 40.0 Å². The van der Waals surface area contributed by atoms with Crippen molar-refractivity contribution < 1.29 is 9.84 Å². The number of ether oxygens (including phenoxy) is 1. The number of hydrogen-bond acceptors (Lipinski definition) is 3. The van der Waals surface area contributed by atoms with Crippen molar-refractivity contribution in [3.63, 3.8) is 0 Å². The number of hydrogen-bond donors (Lipinski definition) is 1. The molecule has 0 aliphatic carbocycles. The van der Waals surface area contributed by atoms with Crippen molar-refractivity contribution in [1.29, 1.82) is 0 Å². The van der Waals surface area contributed by atoms with Crippen LogP contribution < -0.4 is 4.74 Å². The van der Waals surface area contributed by atoms with Crippen molar-refractivity contribution in [2.24, 2.45) is 4.99 Å². The molecule has 0 fully saturated rings. The van der Waals surface area contributed by atoms with E-state index in [0.29, 0.717) is 5.56 Å². The van der Waals surface area contributed by atoms with Crippen LogP contribution in [0.3, 0.4) is 0 Å². The fraction of sp³-hybridized carbons (Fsp3) is 0.269. The highest BCUT2D eigenvalue weighted by Crippen LogP contribution is 2.41. The second-order valence-corrected chi connectivity index (χ2v) is 8.37. The zero-order valence-corrected chi connectivity index (χ0v) is 18.1. The van der Waals surface area contributed by atoms with Gasteiger partial charge in [0.05, 0.1) is 12.8 Å². The molecule has 0 heterocycles. The fourth-order valence-electron chi connectivity index (χ4n) is 3.63. The highest BCUT2D eigenvalue weighted by molar-refractivity contribution is 5.91. The molecule has 0 bridgehead atoms. The molecule has 29 heavy (non-hydrogen) atoms. The van der Waals surface area contributed by atoms with Gasteiger partial charge in [0, 0.05) is 22.9 Å². The summed E-state index contributed by atoms with van der Waals surface area (Å²) < 4.78 is 5.63. The maximum Gasteiger partial charge on any atom is 0.128 e. The molecule has 3 nitrogen and oxygen atoms in total. The summed E-state index contributed by atoms with van der Waals surface area (Å²) in [5.74, 6) is 1.11. The summed E-state index contributed by atoms with van der Waals surface area (Å²) in [7, 11) is 1.69. The molecule has 0 amide bonds. The Balaban J connectivity index is 2.14. The summed E-state index contributed by atoms with van der Waals surface area (Å²) in [5.41, 5.74) is 6.67. The van der Waals surface area contributed by atoms with E-state index in [0.717, 1.165) is 39.3 Å². The quantitative estimate of drug-likeness (QED) is 0.504. The lowest BCUT2D eigenvalue weighted by atomic mass is 9.85. The minimum absolute atomic E-state index is 0.142. The predicted molar refractivity (Wildman–Crippen MR) is 122 cm³/mol. The summed E-state index contributed by atoms with van der Waals surface area (Å²) in [5, 5.41) is 10.8. The molecule has 0 saturated heterocycles. The Morgan fingerprint density at radius 3 is 2.14 bits per heavy atom. The van der Waals surface area contributed by atoms with E-state index < -0.39 is 0 Å². The number of aromatic hydroxyl groups is 1. The number of aliphatic imine (C=N–C) groups is 1. The third-order valence-corrected chi connectivity index (χ3v) is 5.17. The molecular weight excluding hydrogens is 358 g/mol. The van der Waals surface area contributed by atoms with E-state index >= 15 is 0 Å². The zero-order chi connectivity index (χ0) is 21.2. The molecule has 0 spiro atoms. The van der Waals surface area contributed by atoms with Crippen LogP contribution in [0.2, 0.25) is 0 Å². The van der Waals surface area contributed by atoms with Crippen molar-refractivity contribution >= 4 is 11.9 Å². The maximum absolute atomic E-state index is 10.8. The molecule has 3 aromatic carbocycles. The number of phenols is 1. The van der Waals surface area contributed by atoms with Gasteiger partial charge in [-0.3, -0.25) is 4.99 Å². The van der Waals surface area contributed by atoms with Crippen LogP contribution in [-0.4, -0.2) is 18.4 Å². The average Bonchev–Trinajstić information content (AvgIpc) is 2.66. The van der Waals surface area contributed by atoms with Gasteiger partial charge in [0.25, 0.3) is 0 Å². The van der Waals surface area contributed by atoms with Gasteiger partial charge in [-0.25, -0.2) is 0 Å². The number of nitrogens with zero attached hydrogens (tertiary/aromatic N) is 1. The number of phenolic OH excluding ortho intramolecular Hbond substituents is 1. The molecule has 3 rings (SSSR count). The van der Waals surface area contributed by atoms with Crippen LogP contribution in [0, 0.1) is 13.8 Å². The molecule has 3 aromatic rings. The third kappa shape index (κ3) is 4.19. The summed E-state index contributed by atoms with van der Waals surface area (Å²) in [6.45, 7) is 10.4. The lowest BCUT2D eigenvalue weighted by Gasteiger charge is -2.21. The Kier molecular flexibility index (Phi) is 5.78. The topological polar surface area (TPSA) is 41.8 Å². The second-order valence-electron chi connectivity index (χ2n) is 8.37. The minimum Gasteiger partial charge on any atom is -0.507 e. The van der Waals surface area contributed by atoms with Gasteiger partial charge in [-0.2, -0.15) is 0 Å². The maximum atomic E-state index is 10.8. The van der Waals surface area contributed by atoms with Gasteiger partial charge in [0.15, 0.2) is 0 Å². The number of methoxy groups -OCH3 is 1. The summed E-state index contributed by atoms with van der Waals surface area (Å²) in [6, 6.07) is 17.9. The van der Waals surface area contributed by atoms with Crippen molar-refractivity contribution in [1.82, 2.24) is 0 Å². The molecule has 150 valence electrons. The van der Waals surface area contributed by atoms with Gasteiger partial charge in [-0.05, 0) is 54.2 Å². The first-order chi connectivity index (χ1) is 13.7. The number of aryl methyl sites for hydroxylation is 2. The first-order valence-corrected chi connectivity index (χ1v) is 9.84. The van der Waals surface area contributed by atoms with Crippen LogP contribution in [0.5, 0.6) is 11.5 Å². The molecule has 0 aliphatic heterocycles. The smallest absolute Gasteiger partial charge is 0.128 e. The van der Waals surface area contributed by atoms with Gasteiger partial charge in [0.2, 0.25) is 0 Å². The van der Waals surface area contributed by atoms with Crippen LogP contribution in [0.25, 0.3) is 11.1 Å². The highest BCUT2D eigenvalue weighted by atomic mass is 16.5. The van der Waals surface area contributed by atoms with E-state index in [9.17, 15) is 5.11 Å². The van der Waals surface area contributed by atoms with Crippen molar-refractivity contribution in [3.05, 3.63) is 76.9 Å². The van der Waals surface area contributed by atoms with E-state index in [2.05, 4.69) is 46.8 Å². The van der Waals surface area contributed by atoms with E-state index in [1.165, 1.54) is 0 Å². The van der Waals surface area contributed by atoms with Gasteiger partial charge in [-0.15, -0.1) is 0 Å². The number of rotatable bonds is 4. The van der Waals surface area contributed by atoms with E-state index in [-0.39, 0.29) is 11.2 Å². The van der Waals surface area contributed by atoms with Crippen molar-refractivity contribution in [2.75, 3.05) is 7.11 Å². The van der Waals surface area contributed by atoms with Crippen LogP contribution in [0.15, 0.2) is 59.6 Å². The summed E-state index contributed by atoms with van der Waals surface area (Å²) in [6.07, 6.45) is 1.74. The molecule has 1 N–H and O–H groups in total. The van der Waals surface area contributed by atoms with Gasteiger partial charge in [0.1, 0.15) is 11.5 Å². The Hall–Kier alpha value is -3.07. The number of benzene rings is 3. The largest absolute Gasteiger partial charge is 0.507 e. The molecule has 0 radical (unpaired) electrons. The highest BCUT2D eigenvalue weighted by Gasteiger charge is 2.19. The van der Waals surface area contributed by atoms with Gasteiger partial charge < -0.3 is 9.84 Å². The monoisotopic (exact) mass is 387 g/mol. The van der Waals surface area contributed by atoms with Crippen LogP contribution in [0.4, 0.5) is 5.69 Å². The standard InChI is InChI=1S/C26H29NO2/c1-17-10-7-14-21(23(17)24-18(2)11-8-15-22(24)29-6)27-16-19-12-9-13-20(25(19)28)26(3,4)5/h7-16,28H,1-6H3. The van der Waals surface area contributed by atoms with E-state index in [1.54, 1.807) is 13.3 Å². The fourth-order valence-corrected chi connectivity index (χ4v) is 3.63. The van der Waals surface area contributed by atoms with Gasteiger partial charge in [-0.1, -0.05) is 57.2 Å². The number of para-hydroxylation sites is 1. The Labute approximate surface area is 173 Å². The van der Waals surface area contributed by atoms with Crippen LogP contribution in [-0.2, 0) is 5.41 Å². The zero-order valence-electron chi connectivity index (χ0n) is 18.1. The van der Waals surface area contributed by atoms with Crippen LogP contribution in [0.1, 0.15) is 43.0 Å². The SMILES string of the molecule is COc1cccc(C)c1-c1c(C)cccc1N=Cc1cccc(C(C)(C)C)c1O. The summed E-state index contributed by atoms with van der Waals surface area (Å²) in [4.78, 5) is 4.77. The predicted octanol–water partition coefficient (Wildman–Crippen LogP) is 6.73. The van der Waals surface area contributed by atoms with Gasteiger partial charge >= 0.3 is 0 Å². The first-order valence-electron chi connectivity index (χ1n) is 9.84. The molecule has 0 unspecified atom stereocenters. The lowest BCUT2D eigenvalue weighted by Crippen LogP contribution is -2.11. The average molecular weight is 388 g/mol. The molecule has 0 atom stereocenters. The molecular formula is C26H29NO2. The van der Waals surface area contributed by atoms with Crippen molar-refractivity contribution in [3.8, 4) is 22.6 Å². The Morgan fingerprint density at radius 1 is 0.862 bits per heavy atom. The third-order valence-electron chi connectivity index (χ3n) is 5.17. The first kappa shape index (κ1) is 20.7. The normalized spacial score (nSPS) is 11.8. The van der Waals surface area contributed by atoms with E-state index in [4.69, 9.17) is 9.73 Å². The molecule has 0 aromatic heterocycles.